The quantitative estimate of drug-likeness (QED) is 0.832. The number of halogens is 1. The maximum Gasteiger partial charge on any atom is 0.246 e. The second kappa shape index (κ2) is 6.18. The molecule has 0 radical (unpaired) electrons. The molecule has 1 aliphatic heterocycles. The normalized spacial score (nSPS) is 15.1. The zero-order valence-corrected chi connectivity index (χ0v) is 12.2. The van der Waals surface area contributed by atoms with Crippen LogP contribution in [-0.2, 0) is 16.1 Å². The maximum atomic E-state index is 13.3. The van der Waals surface area contributed by atoms with Crippen LogP contribution in [-0.4, -0.2) is 57.3 Å². The fourth-order valence-corrected chi connectivity index (χ4v) is 2.24. The summed E-state index contributed by atoms with van der Waals surface area (Å²) in [4.78, 5) is 15.1. The van der Waals surface area contributed by atoms with Gasteiger partial charge in [0.05, 0.1) is 13.2 Å². The number of amides is 1. The van der Waals surface area contributed by atoms with Crippen LogP contribution in [0.3, 0.4) is 0 Å². The van der Waals surface area contributed by atoms with E-state index in [4.69, 9.17) is 4.74 Å². The summed E-state index contributed by atoms with van der Waals surface area (Å²) < 4.78 is 18.5. The topological polar surface area (TPSA) is 73.1 Å². The van der Waals surface area contributed by atoms with Crippen LogP contribution < -0.4 is 0 Å². The van der Waals surface area contributed by atoms with Crippen LogP contribution in [0.4, 0.5) is 4.39 Å². The van der Waals surface area contributed by atoms with Gasteiger partial charge >= 0.3 is 0 Å². The van der Waals surface area contributed by atoms with Gasteiger partial charge in [-0.2, -0.15) is 4.80 Å². The number of nitrogens with zero attached hydrogens (tertiary/aromatic N) is 5. The van der Waals surface area contributed by atoms with Crippen molar-refractivity contribution >= 4 is 5.91 Å². The Bertz CT molecular complexity index is 682. The Morgan fingerprint density at radius 2 is 2.14 bits per heavy atom. The Hall–Kier alpha value is -2.35. The van der Waals surface area contributed by atoms with E-state index in [0.717, 1.165) is 0 Å². The minimum Gasteiger partial charge on any atom is -0.378 e. The summed E-state index contributed by atoms with van der Waals surface area (Å²) in [5.74, 6) is 0.0269. The van der Waals surface area contributed by atoms with Crippen LogP contribution >= 0.6 is 0 Å². The lowest BCUT2D eigenvalue weighted by atomic mass is 10.1. The second-order valence-electron chi connectivity index (χ2n) is 5.10. The van der Waals surface area contributed by atoms with Gasteiger partial charge in [0.2, 0.25) is 11.7 Å². The Morgan fingerprint density at radius 1 is 1.36 bits per heavy atom. The molecule has 8 heteroatoms. The van der Waals surface area contributed by atoms with Crippen LogP contribution in [0.5, 0.6) is 0 Å². The summed E-state index contributed by atoms with van der Waals surface area (Å²) in [5, 5.41) is 12.0. The predicted octanol–water partition coefficient (Wildman–Crippen LogP) is 0.646. The molecule has 0 bridgehead atoms. The third kappa shape index (κ3) is 3.11. The van der Waals surface area contributed by atoms with Gasteiger partial charge < -0.3 is 9.64 Å². The third-order valence-electron chi connectivity index (χ3n) is 3.51. The van der Waals surface area contributed by atoms with E-state index in [-0.39, 0.29) is 18.3 Å². The summed E-state index contributed by atoms with van der Waals surface area (Å²) in [6.07, 6.45) is 0. The van der Waals surface area contributed by atoms with E-state index < -0.39 is 0 Å². The van der Waals surface area contributed by atoms with E-state index in [1.54, 1.807) is 24.0 Å². The van der Waals surface area contributed by atoms with Crippen molar-refractivity contribution in [1.29, 1.82) is 0 Å². The Morgan fingerprint density at radius 3 is 2.86 bits per heavy atom. The summed E-state index contributed by atoms with van der Waals surface area (Å²) in [7, 11) is 0. The average molecular weight is 305 g/mol. The van der Waals surface area contributed by atoms with Crippen molar-refractivity contribution in [1.82, 2.24) is 25.1 Å². The fourth-order valence-electron chi connectivity index (χ4n) is 2.24. The molecule has 2 aromatic rings. The van der Waals surface area contributed by atoms with Crippen molar-refractivity contribution in [2.45, 2.75) is 13.5 Å². The van der Waals surface area contributed by atoms with E-state index in [2.05, 4.69) is 15.4 Å². The highest BCUT2D eigenvalue weighted by atomic mass is 19.1. The number of carbonyl (C=O) groups is 1. The lowest BCUT2D eigenvalue weighted by Gasteiger charge is -2.26. The van der Waals surface area contributed by atoms with Crippen molar-refractivity contribution in [3.05, 3.63) is 29.6 Å². The monoisotopic (exact) mass is 305 g/mol. The highest BCUT2D eigenvalue weighted by molar-refractivity contribution is 5.75. The Labute approximate surface area is 126 Å². The zero-order valence-electron chi connectivity index (χ0n) is 12.2. The highest BCUT2D eigenvalue weighted by Gasteiger charge is 2.18. The predicted molar refractivity (Wildman–Crippen MR) is 75.3 cm³/mol. The molecule has 1 aliphatic rings. The maximum absolute atomic E-state index is 13.3. The van der Waals surface area contributed by atoms with Crippen LogP contribution in [0.1, 0.15) is 5.56 Å². The molecule has 116 valence electrons. The first kappa shape index (κ1) is 14.6. The molecule has 0 spiro atoms. The lowest BCUT2D eigenvalue weighted by molar-refractivity contribution is -0.136. The van der Waals surface area contributed by atoms with Gasteiger partial charge in [-0.05, 0) is 35.9 Å². The van der Waals surface area contributed by atoms with Gasteiger partial charge in [0.25, 0.3) is 0 Å². The SMILES string of the molecule is Cc1cc(-c2nnn(CC(=O)N3CCOCC3)n2)ccc1F. The molecule has 0 saturated carbocycles. The average Bonchev–Trinajstić information content (AvgIpc) is 2.99. The molecule has 7 nitrogen and oxygen atoms in total. The minimum atomic E-state index is -0.279. The molecular formula is C14H16FN5O2. The van der Waals surface area contributed by atoms with Crippen LogP contribution in [0, 0.1) is 12.7 Å². The van der Waals surface area contributed by atoms with E-state index in [9.17, 15) is 9.18 Å². The zero-order chi connectivity index (χ0) is 15.5. The van der Waals surface area contributed by atoms with Crippen LogP contribution in [0.2, 0.25) is 0 Å². The molecule has 0 N–H and O–H groups in total. The standard InChI is InChI=1S/C14H16FN5O2/c1-10-8-11(2-3-12(10)15)14-16-18-20(17-14)9-13(21)19-4-6-22-7-5-19/h2-3,8H,4-7,9H2,1H3. The van der Waals surface area contributed by atoms with Crippen LogP contribution in [0.15, 0.2) is 18.2 Å². The molecule has 1 aromatic heterocycles. The first-order valence-corrected chi connectivity index (χ1v) is 7.03. The van der Waals surface area contributed by atoms with Crippen molar-refractivity contribution in [3.63, 3.8) is 0 Å². The molecule has 1 fully saturated rings. The van der Waals surface area contributed by atoms with E-state index in [1.807, 2.05) is 0 Å². The number of rotatable bonds is 3. The fraction of sp³-hybridized carbons (Fsp3) is 0.429. The number of benzene rings is 1. The van der Waals surface area contributed by atoms with E-state index in [1.165, 1.54) is 10.9 Å². The largest absolute Gasteiger partial charge is 0.378 e. The minimum absolute atomic E-state index is 0.0349. The van der Waals surface area contributed by atoms with Crippen molar-refractivity contribution in [3.8, 4) is 11.4 Å². The number of aromatic nitrogens is 4. The van der Waals surface area contributed by atoms with Gasteiger partial charge in [0.15, 0.2) is 0 Å². The van der Waals surface area contributed by atoms with E-state index in [0.29, 0.717) is 43.3 Å². The van der Waals surface area contributed by atoms with Crippen molar-refractivity contribution in [2.75, 3.05) is 26.3 Å². The van der Waals surface area contributed by atoms with E-state index >= 15 is 0 Å². The third-order valence-corrected chi connectivity index (χ3v) is 3.51. The van der Waals surface area contributed by atoms with Crippen LogP contribution in [0.25, 0.3) is 11.4 Å². The van der Waals surface area contributed by atoms with Gasteiger partial charge in [0.1, 0.15) is 12.4 Å². The first-order valence-electron chi connectivity index (χ1n) is 7.03. The Balaban J connectivity index is 1.70. The molecule has 1 saturated heterocycles. The van der Waals surface area contributed by atoms with Gasteiger partial charge in [-0.25, -0.2) is 4.39 Å². The van der Waals surface area contributed by atoms with Gasteiger partial charge in [0, 0.05) is 18.7 Å². The molecule has 3 rings (SSSR count). The van der Waals surface area contributed by atoms with Gasteiger partial charge in [-0.1, -0.05) is 0 Å². The summed E-state index contributed by atoms with van der Waals surface area (Å²) in [5.41, 5.74) is 1.18. The molecule has 0 atom stereocenters. The lowest BCUT2D eigenvalue weighted by Crippen LogP contribution is -2.42. The molecule has 0 unspecified atom stereocenters. The molecular weight excluding hydrogens is 289 g/mol. The second-order valence-corrected chi connectivity index (χ2v) is 5.10. The number of carbonyl (C=O) groups excluding carboxylic acids is 1. The molecule has 2 heterocycles. The Kier molecular flexibility index (Phi) is 4.10. The number of ether oxygens (including phenoxy) is 1. The molecule has 0 aliphatic carbocycles. The number of tetrazole rings is 1. The summed E-state index contributed by atoms with van der Waals surface area (Å²) >= 11 is 0. The van der Waals surface area contributed by atoms with Crippen molar-refractivity contribution in [2.24, 2.45) is 0 Å². The summed E-state index contributed by atoms with van der Waals surface area (Å²) in [6, 6.07) is 4.61. The smallest absolute Gasteiger partial charge is 0.246 e. The van der Waals surface area contributed by atoms with Gasteiger partial charge in [-0.15, -0.1) is 10.2 Å². The molecule has 1 aromatic carbocycles. The number of aryl methyl sites for hydroxylation is 1. The number of hydrogen-bond donors (Lipinski definition) is 0. The number of morpholine rings is 1. The summed E-state index contributed by atoms with van der Waals surface area (Å²) in [6.45, 7) is 3.97. The van der Waals surface area contributed by atoms with Gasteiger partial charge in [-0.3, -0.25) is 4.79 Å². The number of hydrogen-bond acceptors (Lipinski definition) is 5. The highest BCUT2D eigenvalue weighted by Crippen LogP contribution is 2.17. The first-order chi connectivity index (χ1) is 10.6. The van der Waals surface area contributed by atoms with Crippen molar-refractivity contribution < 1.29 is 13.9 Å². The molecule has 1 amide bonds. The molecule has 22 heavy (non-hydrogen) atoms.